The van der Waals surface area contributed by atoms with Crippen molar-refractivity contribution in [3.63, 3.8) is 0 Å². The number of nitrogens with zero attached hydrogens (tertiary/aromatic N) is 4. The molecule has 1 N–H and O–H groups in total. The molecule has 1 amide bonds. The number of rotatable bonds is 5. The number of hydrogen-bond donors (Lipinski definition) is 1. The maximum atomic E-state index is 13.2. The molecule has 0 radical (unpaired) electrons. The standard InChI is InChI=1S/C24H18ClN5O3S/c1-13-8-9-16(10-17(13)25)27-18(31)11-30-12-26-23-19(24(30)32)14(2)20(34-23)22-28-21(29-33-22)15-6-4-3-5-7-15/h3-10,12H,11H2,1-2H3,(H,27,31). The van der Waals surface area contributed by atoms with E-state index in [2.05, 4.69) is 20.4 Å². The number of amides is 1. The molecule has 0 bridgehead atoms. The van der Waals surface area contributed by atoms with Crippen LogP contribution in [0.3, 0.4) is 0 Å². The molecule has 8 nitrogen and oxygen atoms in total. The van der Waals surface area contributed by atoms with Crippen LogP contribution in [0.4, 0.5) is 5.69 Å². The Kier molecular flexibility index (Phi) is 5.72. The number of anilines is 1. The molecule has 5 rings (SSSR count). The Hall–Kier alpha value is -3.82. The second-order valence-corrected chi connectivity index (χ2v) is 9.12. The van der Waals surface area contributed by atoms with Crippen molar-refractivity contribution >= 4 is 44.7 Å². The molecule has 0 spiro atoms. The van der Waals surface area contributed by atoms with Gasteiger partial charge in [-0.3, -0.25) is 14.2 Å². The minimum atomic E-state index is -0.360. The van der Waals surface area contributed by atoms with Crippen molar-refractivity contribution in [2.45, 2.75) is 20.4 Å². The van der Waals surface area contributed by atoms with Crippen molar-refractivity contribution in [1.29, 1.82) is 0 Å². The summed E-state index contributed by atoms with van der Waals surface area (Å²) in [7, 11) is 0. The predicted molar refractivity (Wildman–Crippen MR) is 132 cm³/mol. The second-order valence-electron chi connectivity index (χ2n) is 7.72. The van der Waals surface area contributed by atoms with E-state index in [9.17, 15) is 9.59 Å². The highest BCUT2D eigenvalue weighted by molar-refractivity contribution is 7.22. The summed E-state index contributed by atoms with van der Waals surface area (Å²) in [6.45, 7) is 3.50. The monoisotopic (exact) mass is 491 g/mol. The molecule has 0 aliphatic heterocycles. The second kappa shape index (κ2) is 8.85. The predicted octanol–water partition coefficient (Wildman–Crippen LogP) is 5.08. The number of carbonyl (C=O) groups excluding carboxylic acids is 1. The van der Waals surface area contributed by atoms with Crippen molar-refractivity contribution < 1.29 is 9.32 Å². The van der Waals surface area contributed by atoms with E-state index < -0.39 is 0 Å². The Morgan fingerprint density at radius 2 is 1.97 bits per heavy atom. The van der Waals surface area contributed by atoms with Gasteiger partial charge in [-0.05, 0) is 37.1 Å². The first-order chi connectivity index (χ1) is 16.4. The number of nitrogens with one attached hydrogen (secondary N) is 1. The molecule has 0 fully saturated rings. The largest absolute Gasteiger partial charge is 0.333 e. The van der Waals surface area contributed by atoms with Crippen molar-refractivity contribution in [1.82, 2.24) is 19.7 Å². The lowest BCUT2D eigenvalue weighted by Crippen LogP contribution is -2.27. The Morgan fingerprint density at radius 3 is 2.74 bits per heavy atom. The SMILES string of the molecule is Cc1ccc(NC(=O)Cn2cnc3sc(-c4nc(-c5ccccc5)no4)c(C)c3c2=O)cc1Cl. The molecular formula is C24H18ClN5O3S. The average Bonchev–Trinajstić information content (AvgIpc) is 3.44. The summed E-state index contributed by atoms with van der Waals surface area (Å²) in [5.74, 6) is 0.422. The van der Waals surface area contributed by atoms with Gasteiger partial charge in [0.15, 0.2) is 0 Å². The van der Waals surface area contributed by atoms with Crippen LogP contribution in [-0.4, -0.2) is 25.6 Å². The highest BCUT2D eigenvalue weighted by atomic mass is 35.5. The van der Waals surface area contributed by atoms with E-state index >= 15 is 0 Å². The lowest BCUT2D eigenvalue weighted by molar-refractivity contribution is -0.116. The lowest BCUT2D eigenvalue weighted by Gasteiger charge is -2.08. The molecule has 0 saturated carbocycles. The minimum absolute atomic E-state index is 0.184. The van der Waals surface area contributed by atoms with E-state index in [-0.39, 0.29) is 18.0 Å². The van der Waals surface area contributed by atoms with E-state index in [4.69, 9.17) is 16.1 Å². The van der Waals surface area contributed by atoms with Crippen LogP contribution in [-0.2, 0) is 11.3 Å². The van der Waals surface area contributed by atoms with E-state index in [1.807, 2.05) is 50.2 Å². The number of aromatic nitrogens is 4. The van der Waals surface area contributed by atoms with E-state index in [1.165, 1.54) is 22.2 Å². The molecule has 0 saturated heterocycles. The Morgan fingerprint density at radius 1 is 1.18 bits per heavy atom. The first-order valence-corrected chi connectivity index (χ1v) is 11.5. The third kappa shape index (κ3) is 4.11. The van der Waals surface area contributed by atoms with E-state index in [0.29, 0.717) is 43.1 Å². The summed E-state index contributed by atoms with van der Waals surface area (Å²) in [4.78, 5) is 35.8. The number of carbonyl (C=O) groups is 1. The first-order valence-electron chi connectivity index (χ1n) is 10.3. The molecule has 0 aliphatic carbocycles. The van der Waals surface area contributed by atoms with Gasteiger partial charge in [0, 0.05) is 16.3 Å². The van der Waals surface area contributed by atoms with Gasteiger partial charge in [0.25, 0.3) is 11.4 Å². The van der Waals surface area contributed by atoms with Gasteiger partial charge in [-0.2, -0.15) is 4.98 Å². The van der Waals surface area contributed by atoms with Crippen LogP contribution in [0.25, 0.3) is 32.4 Å². The fourth-order valence-corrected chi connectivity index (χ4v) is 4.76. The molecule has 3 heterocycles. The van der Waals surface area contributed by atoms with Crippen molar-refractivity contribution in [2.75, 3.05) is 5.32 Å². The summed E-state index contributed by atoms with van der Waals surface area (Å²) in [5.41, 5.74) is 2.66. The van der Waals surface area contributed by atoms with Gasteiger partial charge < -0.3 is 9.84 Å². The van der Waals surface area contributed by atoms with Crippen LogP contribution in [0, 0.1) is 13.8 Å². The lowest BCUT2D eigenvalue weighted by atomic mass is 10.2. The molecule has 0 unspecified atom stereocenters. The van der Waals surface area contributed by atoms with Gasteiger partial charge >= 0.3 is 0 Å². The average molecular weight is 492 g/mol. The molecular weight excluding hydrogens is 474 g/mol. The number of fused-ring (bicyclic) bond motifs is 1. The van der Waals surface area contributed by atoms with Crippen molar-refractivity contribution in [3.8, 4) is 22.2 Å². The number of benzene rings is 2. The van der Waals surface area contributed by atoms with E-state index in [0.717, 1.165) is 11.1 Å². The summed E-state index contributed by atoms with van der Waals surface area (Å²) < 4.78 is 6.75. The third-order valence-electron chi connectivity index (χ3n) is 5.34. The molecule has 170 valence electrons. The van der Waals surface area contributed by atoms with Crippen LogP contribution >= 0.6 is 22.9 Å². The zero-order valence-electron chi connectivity index (χ0n) is 18.2. The molecule has 10 heteroatoms. The van der Waals surface area contributed by atoms with Crippen LogP contribution < -0.4 is 10.9 Å². The maximum Gasteiger partial charge on any atom is 0.268 e. The van der Waals surface area contributed by atoms with Crippen LogP contribution in [0.1, 0.15) is 11.1 Å². The van der Waals surface area contributed by atoms with Crippen LogP contribution in [0.15, 0.2) is 64.2 Å². The number of hydrogen-bond acceptors (Lipinski definition) is 7. The summed E-state index contributed by atoms with van der Waals surface area (Å²) >= 11 is 7.42. The zero-order valence-corrected chi connectivity index (χ0v) is 19.8. The van der Waals surface area contributed by atoms with Crippen LogP contribution in [0.2, 0.25) is 5.02 Å². The quantitative estimate of drug-likeness (QED) is 0.367. The molecule has 2 aromatic carbocycles. The topological polar surface area (TPSA) is 103 Å². The maximum absolute atomic E-state index is 13.2. The highest BCUT2D eigenvalue weighted by Gasteiger charge is 2.21. The van der Waals surface area contributed by atoms with Gasteiger partial charge in [0.1, 0.15) is 11.4 Å². The number of thiophene rings is 1. The Bertz CT molecular complexity index is 1590. The zero-order chi connectivity index (χ0) is 23.8. The Balaban J connectivity index is 1.43. The van der Waals surface area contributed by atoms with Crippen molar-refractivity contribution in [3.05, 3.63) is 81.4 Å². The third-order valence-corrected chi connectivity index (χ3v) is 6.93. The molecule has 3 aromatic heterocycles. The van der Waals surface area contributed by atoms with Crippen molar-refractivity contribution in [2.24, 2.45) is 0 Å². The molecule has 34 heavy (non-hydrogen) atoms. The number of aryl methyl sites for hydroxylation is 2. The highest BCUT2D eigenvalue weighted by Crippen LogP contribution is 2.35. The van der Waals surface area contributed by atoms with Gasteiger partial charge in [0.05, 0.1) is 16.6 Å². The first kappa shape index (κ1) is 22.0. The minimum Gasteiger partial charge on any atom is -0.333 e. The summed E-state index contributed by atoms with van der Waals surface area (Å²) in [5, 5.41) is 7.79. The molecule has 5 aromatic rings. The Labute approximate surface area is 202 Å². The normalized spacial score (nSPS) is 11.1. The summed E-state index contributed by atoms with van der Waals surface area (Å²) in [6, 6.07) is 14.7. The van der Waals surface area contributed by atoms with Crippen LogP contribution in [0.5, 0.6) is 0 Å². The van der Waals surface area contributed by atoms with Gasteiger partial charge in [-0.25, -0.2) is 4.98 Å². The fraction of sp³-hybridized carbons (Fsp3) is 0.125. The molecule has 0 atom stereocenters. The molecule has 0 aliphatic rings. The summed E-state index contributed by atoms with van der Waals surface area (Å²) in [6.07, 6.45) is 1.37. The van der Waals surface area contributed by atoms with Gasteiger partial charge in [-0.15, -0.1) is 11.3 Å². The van der Waals surface area contributed by atoms with Gasteiger partial charge in [0.2, 0.25) is 11.7 Å². The fourth-order valence-electron chi connectivity index (χ4n) is 3.52. The van der Waals surface area contributed by atoms with E-state index in [1.54, 1.807) is 12.1 Å². The smallest absolute Gasteiger partial charge is 0.268 e. The van der Waals surface area contributed by atoms with Gasteiger partial charge in [-0.1, -0.05) is 53.2 Å². The number of halogens is 1.